The molecule has 0 aromatic carbocycles. The van der Waals surface area contributed by atoms with Crippen LogP contribution < -0.4 is 5.32 Å². The molecule has 0 amide bonds. The fourth-order valence-electron chi connectivity index (χ4n) is 1.91. The van der Waals surface area contributed by atoms with Crippen molar-refractivity contribution in [1.29, 1.82) is 0 Å². The largest absolute Gasteiger partial charge is 0.383 e. The van der Waals surface area contributed by atoms with Crippen molar-refractivity contribution in [2.75, 3.05) is 19.0 Å². The van der Waals surface area contributed by atoms with Crippen molar-refractivity contribution in [2.24, 2.45) is 0 Å². The molecule has 7 nitrogen and oxygen atoms in total. The summed E-state index contributed by atoms with van der Waals surface area (Å²) in [6.45, 7) is 6.26. The molecule has 0 saturated heterocycles. The van der Waals surface area contributed by atoms with Gasteiger partial charge < -0.3 is 14.6 Å². The molecule has 0 bridgehead atoms. The molecule has 2 aromatic rings. The molecule has 1 N–H and O–H groups in total. The van der Waals surface area contributed by atoms with Gasteiger partial charge in [0.25, 0.3) is 0 Å². The lowest BCUT2D eigenvalue weighted by Crippen LogP contribution is -2.23. The van der Waals surface area contributed by atoms with Gasteiger partial charge in [0.2, 0.25) is 5.95 Å². The van der Waals surface area contributed by atoms with Gasteiger partial charge in [0.05, 0.1) is 25.0 Å². The summed E-state index contributed by atoms with van der Waals surface area (Å²) in [5.74, 6) is 0.863. The van der Waals surface area contributed by atoms with Crippen LogP contribution in [0.1, 0.15) is 12.6 Å². The summed E-state index contributed by atoms with van der Waals surface area (Å²) in [5, 5.41) is 11.1. The van der Waals surface area contributed by atoms with Gasteiger partial charge in [0, 0.05) is 32.1 Å². The Bertz CT molecular complexity index is 492. The number of imidazole rings is 1. The maximum atomic E-state index is 5.12. The van der Waals surface area contributed by atoms with Crippen LogP contribution in [0.15, 0.2) is 18.6 Å². The van der Waals surface area contributed by atoms with Crippen molar-refractivity contribution in [2.45, 2.75) is 33.0 Å². The fourth-order valence-corrected chi connectivity index (χ4v) is 1.91. The Hall–Kier alpha value is -1.89. The average Bonchev–Trinajstić information content (AvgIpc) is 2.97. The molecule has 2 rings (SSSR count). The van der Waals surface area contributed by atoms with Gasteiger partial charge in [0.1, 0.15) is 0 Å². The first kappa shape index (κ1) is 13.5. The summed E-state index contributed by atoms with van der Waals surface area (Å²) in [5.41, 5.74) is 0.991. The zero-order valence-corrected chi connectivity index (χ0v) is 11.6. The normalized spacial score (nSPS) is 12.6. The van der Waals surface area contributed by atoms with Crippen LogP contribution in [0, 0.1) is 6.92 Å². The van der Waals surface area contributed by atoms with Crippen molar-refractivity contribution in [3.63, 3.8) is 0 Å². The SMILES string of the molecule is COCC(C)Nc1nc(C)cn1CCn1ccnn1. The molecular weight excluding hydrogens is 244 g/mol. The minimum atomic E-state index is 0.219. The molecule has 0 aliphatic rings. The highest BCUT2D eigenvalue weighted by Gasteiger charge is 2.09. The quantitative estimate of drug-likeness (QED) is 0.805. The Morgan fingerprint density at radius 1 is 1.42 bits per heavy atom. The molecule has 7 heteroatoms. The third-order valence-electron chi connectivity index (χ3n) is 2.73. The zero-order chi connectivity index (χ0) is 13.7. The number of anilines is 1. The van der Waals surface area contributed by atoms with E-state index in [0.717, 1.165) is 24.7 Å². The van der Waals surface area contributed by atoms with Crippen LogP contribution in [0.4, 0.5) is 5.95 Å². The van der Waals surface area contributed by atoms with Gasteiger partial charge in [-0.3, -0.25) is 4.68 Å². The number of ether oxygens (including phenoxy) is 1. The number of hydrogen-bond acceptors (Lipinski definition) is 5. The highest BCUT2D eigenvalue weighted by atomic mass is 16.5. The van der Waals surface area contributed by atoms with E-state index in [1.807, 2.05) is 19.3 Å². The monoisotopic (exact) mass is 264 g/mol. The number of rotatable bonds is 7. The number of aryl methyl sites for hydroxylation is 3. The molecule has 0 spiro atoms. The van der Waals surface area contributed by atoms with Gasteiger partial charge in [-0.25, -0.2) is 4.98 Å². The molecule has 0 aliphatic carbocycles. The maximum absolute atomic E-state index is 5.12. The first-order valence-electron chi connectivity index (χ1n) is 6.32. The molecule has 0 fully saturated rings. The number of nitrogens with one attached hydrogen (secondary N) is 1. The first-order chi connectivity index (χ1) is 9.19. The average molecular weight is 264 g/mol. The molecule has 0 radical (unpaired) electrons. The molecule has 19 heavy (non-hydrogen) atoms. The fraction of sp³-hybridized carbons (Fsp3) is 0.583. The first-order valence-corrected chi connectivity index (χ1v) is 6.32. The number of methoxy groups -OCH3 is 1. The molecule has 0 saturated carbocycles. The van der Waals surface area contributed by atoms with Crippen LogP contribution in [0.5, 0.6) is 0 Å². The van der Waals surface area contributed by atoms with Crippen LogP contribution in [0.3, 0.4) is 0 Å². The number of hydrogen-bond donors (Lipinski definition) is 1. The van der Waals surface area contributed by atoms with Gasteiger partial charge in [-0.05, 0) is 13.8 Å². The molecule has 1 unspecified atom stereocenters. The second-order valence-electron chi connectivity index (χ2n) is 4.57. The molecule has 1 atom stereocenters. The predicted octanol–water partition coefficient (Wildman–Crippen LogP) is 0.930. The second-order valence-corrected chi connectivity index (χ2v) is 4.57. The van der Waals surface area contributed by atoms with Crippen molar-refractivity contribution in [3.05, 3.63) is 24.3 Å². The predicted molar refractivity (Wildman–Crippen MR) is 71.9 cm³/mol. The molecule has 2 heterocycles. The van der Waals surface area contributed by atoms with Crippen LogP contribution in [0.25, 0.3) is 0 Å². The van der Waals surface area contributed by atoms with E-state index in [1.165, 1.54) is 0 Å². The maximum Gasteiger partial charge on any atom is 0.203 e. The Balaban J connectivity index is 1.99. The summed E-state index contributed by atoms with van der Waals surface area (Å²) >= 11 is 0. The second kappa shape index (κ2) is 6.33. The summed E-state index contributed by atoms with van der Waals surface area (Å²) in [6.07, 6.45) is 5.56. The van der Waals surface area contributed by atoms with E-state index >= 15 is 0 Å². The van der Waals surface area contributed by atoms with E-state index in [0.29, 0.717) is 6.61 Å². The van der Waals surface area contributed by atoms with E-state index in [1.54, 1.807) is 18.0 Å². The third kappa shape index (κ3) is 3.78. The van der Waals surface area contributed by atoms with E-state index in [4.69, 9.17) is 4.74 Å². The van der Waals surface area contributed by atoms with Gasteiger partial charge in [0.15, 0.2) is 0 Å². The molecule has 2 aromatic heterocycles. The molecule has 104 valence electrons. The summed E-state index contributed by atoms with van der Waals surface area (Å²) in [4.78, 5) is 4.48. The Labute approximate surface area is 112 Å². The van der Waals surface area contributed by atoms with E-state index in [9.17, 15) is 0 Å². The van der Waals surface area contributed by atoms with Crippen molar-refractivity contribution >= 4 is 5.95 Å². The zero-order valence-electron chi connectivity index (χ0n) is 11.6. The minimum absolute atomic E-state index is 0.219. The lowest BCUT2D eigenvalue weighted by atomic mass is 10.4. The summed E-state index contributed by atoms with van der Waals surface area (Å²) < 4.78 is 9.01. The Morgan fingerprint density at radius 2 is 2.26 bits per heavy atom. The van der Waals surface area contributed by atoms with Gasteiger partial charge in [-0.2, -0.15) is 0 Å². The van der Waals surface area contributed by atoms with E-state index in [-0.39, 0.29) is 6.04 Å². The third-order valence-corrected chi connectivity index (χ3v) is 2.73. The van der Waals surface area contributed by atoms with Gasteiger partial charge in [-0.1, -0.05) is 5.21 Å². The summed E-state index contributed by atoms with van der Waals surface area (Å²) in [7, 11) is 1.70. The van der Waals surface area contributed by atoms with E-state index in [2.05, 4.69) is 32.1 Å². The lowest BCUT2D eigenvalue weighted by molar-refractivity contribution is 0.190. The topological polar surface area (TPSA) is 69.8 Å². The smallest absolute Gasteiger partial charge is 0.203 e. The Morgan fingerprint density at radius 3 is 2.95 bits per heavy atom. The Kier molecular flexibility index (Phi) is 4.51. The van der Waals surface area contributed by atoms with Gasteiger partial charge in [-0.15, -0.1) is 5.10 Å². The number of nitrogens with zero attached hydrogens (tertiary/aromatic N) is 5. The van der Waals surface area contributed by atoms with Crippen LogP contribution >= 0.6 is 0 Å². The molecule has 0 aliphatic heterocycles. The van der Waals surface area contributed by atoms with Crippen LogP contribution in [-0.4, -0.2) is 44.3 Å². The standard InChI is InChI=1S/C12H20N6O/c1-10-8-17(6-7-18-5-4-13-16-18)12(14-10)15-11(2)9-19-3/h4-5,8,11H,6-7,9H2,1-3H3,(H,14,15). The van der Waals surface area contributed by atoms with Crippen molar-refractivity contribution in [3.8, 4) is 0 Å². The highest BCUT2D eigenvalue weighted by molar-refractivity contribution is 5.29. The lowest BCUT2D eigenvalue weighted by Gasteiger charge is -2.15. The molecular formula is C12H20N6O. The van der Waals surface area contributed by atoms with Crippen molar-refractivity contribution < 1.29 is 4.74 Å². The minimum Gasteiger partial charge on any atom is -0.383 e. The highest BCUT2D eigenvalue weighted by Crippen LogP contribution is 2.10. The van der Waals surface area contributed by atoms with E-state index < -0.39 is 0 Å². The number of aromatic nitrogens is 5. The van der Waals surface area contributed by atoms with Crippen LogP contribution in [0.2, 0.25) is 0 Å². The van der Waals surface area contributed by atoms with Crippen LogP contribution in [-0.2, 0) is 17.8 Å². The van der Waals surface area contributed by atoms with Crippen molar-refractivity contribution in [1.82, 2.24) is 24.5 Å². The summed E-state index contributed by atoms with van der Waals surface area (Å²) in [6, 6.07) is 0.219. The van der Waals surface area contributed by atoms with Gasteiger partial charge >= 0.3 is 0 Å².